The molecule has 0 radical (unpaired) electrons. The Hall–Kier alpha value is -8.67. The quantitative estimate of drug-likeness (QED) is 0.156. The van der Waals surface area contributed by atoms with Crippen molar-refractivity contribution in [2.24, 2.45) is 4.99 Å². The maximum Gasteiger partial charge on any atom is 0.416 e. The molecule has 10 rings (SSSR count). The monoisotopic (exact) mass is 1020 g/mol. The highest BCUT2D eigenvalue weighted by atomic mass is 19.4. The maximum absolute atomic E-state index is 14.1. The first-order valence-electron chi connectivity index (χ1n) is 22.2. The van der Waals surface area contributed by atoms with E-state index in [0.717, 1.165) is 48.5 Å². The molecule has 2 N–H and O–H groups in total. The minimum atomic E-state index is -4.71. The van der Waals surface area contributed by atoms with Crippen LogP contribution in [0.5, 0.6) is 5.75 Å². The highest BCUT2D eigenvalue weighted by Crippen LogP contribution is 2.44. The van der Waals surface area contributed by atoms with Crippen LogP contribution in [0.3, 0.4) is 0 Å². The number of alkyl halides is 12. The minimum absolute atomic E-state index is 0.163. The summed E-state index contributed by atoms with van der Waals surface area (Å²) in [4.78, 5) is 21.1. The van der Waals surface area contributed by atoms with Gasteiger partial charge in [-0.15, -0.1) is 0 Å². The number of methoxy groups -OCH3 is 1. The van der Waals surface area contributed by atoms with Gasteiger partial charge in [0.2, 0.25) is 0 Å². The molecule has 4 aromatic carbocycles. The fourth-order valence-corrected chi connectivity index (χ4v) is 8.80. The van der Waals surface area contributed by atoms with Crippen molar-refractivity contribution in [3.63, 3.8) is 0 Å². The number of aromatic amines is 2. The molecule has 0 saturated heterocycles. The van der Waals surface area contributed by atoms with Crippen molar-refractivity contribution in [3.8, 4) is 50.3 Å². The second-order valence-electron chi connectivity index (χ2n) is 17.0. The fourth-order valence-electron chi connectivity index (χ4n) is 8.80. The molecule has 4 aromatic heterocycles. The number of fused-ring (bicyclic) bond motifs is 8. The third-order valence-corrected chi connectivity index (χ3v) is 12.3. The number of aliphatic imine (C=N–C) groups is 1. The third-order valence-electron chi connectivity index (χ3n) is 12.3. The van der Waals surface area contributed by atoms with Crippen LogP contribution in [0.25, 0.3) is 84.8 Å². The molecule has 8 bridgehead atoms. The van der Waals surface area contributed by atoms with Gasteiger partial charge in [-0.25, -0.2) is 9.98 Å². The average molecular weight is 1020 g/mol. The summed E-state index contributed by atoms with van der Waals surface area (Å²) < 4.78 is 173. The summed E-state index contributed by atoms with van der Waals surface area (Å²) in [5, 5.41) is 0. The van der Waals surface area contributed by atoms with Gasteiger partial charge in [0, 0.05) is 62.1 Å². The standard InChI is InChI=1S/C56H33F12N5O/c1-74-39-26-27-69-38(28-39)18-19-41-40-29-48(70-41)52(33-8-16-37(17-9-33)56(66,67)68)47-25-24-46(73-47)51(32-6-14-36(15-7-32)55(63,64)65)45-23-22-44(72-45)50(31-4-12-35(13-5-31)54(60,61)62)43-21-20-42(71-43)49(40)30-2-10-34(11-3-30)53(57,58)59/h2-29,71,73H,1H3/b19-18+,49-40?,49-42?,50-43?,50-44?,51-45?,51-46?,52-47?,52-48?. The summed E-state index contributed by atoms with van der Waals surface area (Å²) in [6.07, 6.45) is -10.9. The summed E-state index contributed by atoms with van der Waals surface area (Å²) in [5.41, 5.74) is 0.935. The number of halogens is 12. The summed E-state index contributed by atoms with van der Waals surface area (Å²) in [6.45, 7) is 0. The Morgan fingerprint density at radius 2 is 0.811 bits per heavy atom. The normalized spacial score (nSPS) is 13.2. The molecule has 8 aromatic rings. The highest BCUT2D eigenvalue weighted by molar-refractivity contribution is 6.20. The first-order valence-corrected chi connectivity index (χ1v) is 22.2. The van der Waals surface area contributed by atoms with Gasteiger partial charge >= 0.3 is 24.7 Å². The molecule has 0 unspecified atom stereocenters. The van der Waals surface area contributed by atoms with Crippen molar-refractivity contribution in [2.75, 3.05) is 7.11 Å². The molecular formula is C56H33F12N5O. The molecule has 0 atom stereocenters. The smallest absolute Gasteiger partial charge is 0.416 e. The third kappa shape index (κ3) is 9.69. The van der Waals surface area contributed by atoms with Crippen LogP contribution in [0.15, 0.2) is 157 Å². The second-order valence-corrected chi connectivity index (χ2v) is 17.0. The Morgan fingerprint density at radius 1 is 0.432 bits per heavy atom. The molecule has 0 saturated carbocycles. The van der Waals surface area contributed by atoms with E-state index in [1.165, 1.54) is 61.8 Å². The minimum Gasteiger partial charge on any atom is -0.497 e. The van der Waals surface area contributed by atoms with Crippen LogP contribution in [-0.4, -0.2) is 32.8 Å². The van der Waals surface area contributed by atoms with Crippen LogP contribution in [-0.2, 0) is 24.7 Å². The summed E-state index contributed by atoms with van der Waals surface area (Å²) in [6, 6.07) is 28.5. The number of nitrogens with one attached hydrogen (secondary N) is 2. The zero-order valence-electron chi connectivity index (χ0n) is 38.0. The van der Waals surface area contributed by atoms with E-state index in [0.29, 0.717) is 17.0 Å². The van der Waals surface area contributed by atoms with E-state index < -0.39 is 47.0 Å². The summed E-state index contributed by atoms with van der Waals surface area (Å²) >= 11 is 0. The van der Waals surface area contributed by atoms with Crippen LogP contribution in [0, 0.1) is 0 Å². The second kappa shape index (κ2) is 18.4. The van der Waals surface area contributed by atoms with Gasteiger partial charge in [0.1, 0.15) is 5.75 Å². The van der Waals surface area contributed by atoms with Crippen LogP contribution in [0.1, 0.15) is 44.9 Å². The molecule has 0 aliphatic carbocycles. The van der Waals surface area contributed by atoms with E-state index in [4.69, 9.17) is 14.7 Å². The number of rotatable bonds is 7. The van der Waals surface area contributed by atoms with Crippen LogP contribution in [0.4, 0.5) is 58.4 Å². The van der Waals surface area contributed by atoms with Gasteiger partial charge < -0.3 is 14.7 Å². The summed E-state index contributed by atoms with van der Waals surface area (Å²) in [7, 11) is 1.46. The first kappa shape index (κ1) is 48.9. The molecule has 2 aliphatic rings. The average Bonchev–Trinajstić information content (AvgIpc) is 4.21. The number of hydrogen-bond acceptors (Lipinski definition) is 4. The number of allylic oxidation sites excluding steroid dienone is 1. The van der Waals surface area contributed by atoms with Gasteiger partial charge in [0.25, 0.3) is 0 Å². The van der Waals surface area contributed by atoms with Crippen molar-refractivity contribution in [3.05, 3.63) is 197 Å². The predicted molar refractivity (Wildman–Crippen MR) is 260 cm³/mol. The van der Waals surface area contributed by atoms with E-state index in [9.17, 15) is 52.7 Å². The SMILES string of the molecule is COc1ccnc(/C=C/C2=Nc3cc2c(-c2ccc(C(F)(F)F)cc2)c2ccc([nH]2)c(-c2ccc(C(F)(F)F)cc2)c2nc(c(-c4ccc(C(F)(F)F)cc4)c4ccc([nH]4)c3-c3ccc(C(F)(F)F)cc3)C=C2)c1. The Labute approximate surface area is 411 Å². The van der Waals surface area contributed by atoms with Crippen molar-refractivity contribution in [2.45, 2.75) is 24.7 Å². The molecule has 2 aliphatic heterocycles. The van der Waals surface area contributed by atoms with Crippen molar-refractivity contribution in [1.82, 2.24) is 19.9 Å². The number of H-pyrrole nitrogens is 2. The number of ether oxygens (including phenoxy) is 1. The molecule has 74 heavy (non-hydrogen) atoms. The van der Waals surface area contributed by atoms with Crippen LogP contribution < -0.4 is 4.74 Å². The fraction of sp³-hybridized carbons (Fsp3) is 0.0893. The van der Waals surface area contributed by atoms with Gasteiger partial charge in [-0.2, -0.15) is 52.7 Å². The highest BCUT2D eigenvalue weighted by Gasteiger charge is 2.33. The topological polar surface area (TPSA) is 79.0 Å². The lowest BCUT2D eigenvalue weighted by Gasteiger charge is -2.11. The predicted octanol–water partition coefficient (Wildman–Crippen LogP) is 17.1. The lowest BCUT2D eigenvalue weighted by atomic mass is 9.96. The first-order chi connectivity index (χ1) is 35.1. The molecule has 6 nitrogen and oxygen atoms in total. The lowest BCUT2D eigenvalue weighted by molar-refractivity contribution is -0.138. The maximum atomic E-state index is 14.1. The Bertz CT molecular complexity index is 3730. The molecule has 18 heteroatoms. The lowest BCUT2D eigenvalue weighted by Crippen LogP contribution is -2.04. The van der Waals surface area contributed by atoms with Gasteiger partial charge in [-0.05, 0) is 131 Å². The van der Waals surface area contributed by atoms with Crippen LogP contribution in [0.2, 0.25) is 0 Å². The van der Waals surface area contributed by atoms with Gasteiger partial charge in [-0.1, -0.05) is 48.5 Å². The molecular weight excluding hydrogens is 987 g/mol. The Balaban J connectivity index is 1.37. The Kier molecular flexibility index (Phi) is 12.2. The van der Waals surface area contributed by atoms with E-state index in [1.54, 1.807) is 66.8 Å². The van der Waals surface area contributed by atoms with Crippen molar-refractivity contribution >= 4 is 51.7 Å². The number of nitrogens with zero attached hydrogens (tertiary/aromatic N) is 3. The van der Waals surface area contributed by atoms with E-state index >= 15 is 0 Å². The number of hydrogen-bond donors (Lipinski definition) is 2. The molecule has 6 heterocycles. The van der Waals surface area contributed by atoms with E-state index in [-0.39, 0.29) is 89.4 Å². The van der Waals surface area contributed by atoms with E-state index in [2.05, 4.69) is 15.0 Å². The zero-order valence-corrected chi connectivity index (χ0v) is 38.0. The molecule has 0 spiro atoms. The van der Waals surface area contributed by atoms with Crippen LogP contribution >= 0.6 is 0 Å². The van der Waals surface area contributed by atoms with E-state index in [1.807, 2.05) is 0 Å². The van der Waals surface area contributed by atoms with Gasteiger partial charge in [0.05, 0.1) is 57.8 Å². The molecule has 0 fully saturated rings. The zero-order chi connectivity index (χ0) is 52.3. The Morgan fingerprint density at radius 3 is 1.22 bits per heavy atom. The summed E-state index contributed by atoms with van der Waals surface area (Å²) in [5.74, 6) is 0.462. The largest absolute Gasteiger partial charge is 0.497 e. The van der Waals surface area contributed by atoms with Gasteiger partial charge in [0.15, 0.2) is 0 Å². The number of pyridine rings is 1. The van der Waals surface area contributed by atoms with Crippen molar-refractivity contribution in [1.29, 1.82) is 0 Å². The number of benzene rings is 4. The molecule has 0 amide bonds. The number of aromatic nitrogens is 4. The van der Waals surface area contributed by atoms with Gasteiger partial charge in [-0.3, -0.25) is 4.98 Å². The van der Waals surface area contributed by atoms with Crippen molar-refractivity contribution < 1.29 is 57.4 Å². The molecule has 372 valence electrons.